The zero-order valence-corrected chi connectivity index (χ0v) is 15.9. The Morgan fingerprint density at radius 3 is 2.23 bits per heavy atom. The van der Waals surface area contributed by atoms with Crippen LogP contribution in [0.1, 0.15) is 17.5 Å². The van der Waals surface area contributed by atoms with Crippen molar-refractivity contribution in [3.05, 3.63) is 53.6 Å². The van der Waals surface area contributed by atoms with Crippen molar-refractivity contribution in [2.24, 2.45) is 0 Å². The first kappa shape index (κ1) is 18.4. The van der Waals surface area contributed by atoms with Crippen molar-refractivity contribution in [2.75, 3.05) is 14.8 Å². The Bertz CT molecular complexity index is 1070. The quantitative estimate of drug-likeness (QED) is 0.856. The molecule has 1 heterocycles. The molecule has 0 spiro atoms. The molecule has 0 atom stereocenters. The van der Waals surface area contributed by atoms with Crippen LogP contribution in [0.3, 0.4) is 0 Å². The van der Waals surface area contributed by atoms with Gasteiger partial charge in [-0.2, -0.15) is 0 Å². The zero-order chi connectivity index (χ0) is 19.1. The molecule has 1 fully saturated rings. The summed E-state index contributed by atoms with van der Waals surface area (Å²) in [6.45, 7) is 3.45. The molecule has 1 aliphatic heterocycles. The predicted molar refractivity (Wildman–Crippen MR) is 99.1 cm³/mol. The number of benzene rings is 2. The summed E-state index contributed by atoms with van der Waals surface area (Å²) in [4.78, 5) is 11.9. The number of carbonyl (C=O) groups is 1. The highest BCUT2D eigenvalue weighted by Gasteiger charge is 2.36. The van der Waals surface area contributed by atoms with E-state index in [1.165, 1.54) is 18.2 Å². The Morgan fingerprint density at radius 2 is 1.69 bits per heavy atom. The summed E-state index contributed by atoms with van der Waals surface area (Å²) in [5.74, 6) is -0.752. The van der Waals surface area contributed by atoms with Gasteiger partial charge in [0.1, 0.15) is 0 Å². The van der Waals surface area contributed by atoms with Gasteiger partial charge in [0, 0.05) is 12.1 Å². The van der Waals surface area contributed by atoms with E-state index in [0.29, 0.717) is 11.3 Å². The minimum Gasteiger partial charge on any atom is -0.280 e. The standard InChI is InChI=1S/C17H18N2O5S2/c1-12-3-5-14(6-4-12)18-26(23,24)16-8-7-15(11-13(16)2)19-17(20)9-10-25(19,21)22/h3-8,11,18H,9-10H2,1-2H3. The van der Waals surface area contributed by atoms with Crippen molar-refractivity contribution in [1.82, 2.24) is 0 Å². The van der Waals surface area contributed by atoms with E-state index in [-0.39, 0.29) is 22.8 Å². The molecule has 1 saturated heterocycles. The van der Waals surface area contributed by atoms with Gasteiger partial charge in [0.25, 0.3) is 10.0 Å². The number of hydrogen-bond donors (Lipinski definition) is 1. The maximum atomic E-state index is 12.6. The first-order valence-corrected chi connectivity index (χ1v) is 11.0. The lowest BCUT2D eigenvalue weighted by molar-refractivity contribution is -0.116. The molecule has 138 valence electrons. The van der Waals surface area contributed by atoms with Crippen LogP contribution >= 0.6 is 0 Å². The van der Waals surface area contributed by atoms with Crippen LogP contribution in [-0.4, -0.2) is 28.5 Å². The van der Waals surface area contributed by atoms with E-state index in [9.17, 15) is 21.6 Å². The minimum absolute atomic E-state index is 0.0193. The van der Waals surface area contributed by atoms with Crippen LogP contribution in [0.4, 0.5) is 11.4 Å². The highest BCUT2D eigenvalue weighted by molar-refractivity contribution is 7.94. The highest BCUT2D eigenvalue weighted by Crippen LogP contribution is 2.29. The maximum Gasteiger partial charge on any atom is 0.262 e. The van der Waals surface area contributed by atoms with Gasteiger partial charge in [0.15, 0.2) is 0 Å². The molecule has 7 nitrogen and oxygen atoms in total. The molecule has 0 unspecified atom stereocenters. The molecule has 0 aliphatic carbocycles. The molecule has 2 aromatic carbocycles. The summed E-state index contributed by atoms with van der Waals surface area (Å²) in [6.07, 6.45) is -0.0730. The van der Waals surface area contributed by atoms with Gasteiger partial charge in [0.2, 0.25) is 15.9 Å². The van der Waals surface area contributed by atoms with Crippen molar-refractivity contribution in [2.45, 2.75) is 25.2 Å². The fourth-order valence-corrected chi connectivity index (χ4v) is 5.50. The molecule has 1 aliphatic rings. The average molecular weight is 394 g/mol. The average Bonchev–Trinajstić information content (AvgIpc) is 2.82. The third-order valence-corrected chi connectivity index (χ3v) is 7.30. The molecule has 3 rings (SSSR count). The molecular formula is C17H18N2O5S2. The highest BCUT2D eigenvalue weighted by atomic mass is 32.2. The normalized spacial score (nSPS) is 16.7. The maximum absolute atomic E-state index is 12.6. The number of rotatable bonds is 4. The lowest BCUT2D eigenvalue weighted by Crippen LogP contribution is -2.29. The number of carbonyl (C=O) groups excluding carboxylic acids is 1. The number of sulfonamides is 2. The van der Waals surface area contributed by atoms with Gasteiger partial charge in [-0.15, -0.1) is 0 Å². The number of nitrogens with one attached hydrogen (secondary N) is 1. The van der Waals surface area contributed by atoms with Gasteiger partial charge in [-0.1, -0.05) is 17.7 Å². The van der Waals surface area contributed by atoms with Crippen LogP contribution in [-0.2, 0) is 24.8 Å². The second-order valence-electron chi connectivity index (χ2n) is 6.15. The van der Waals surface area contributed by atoms with Crippen molar-refractivity contribution in [1.29, 1.82) is 0 Å². The third kappa shape index (κ3) is 3.45. The lowest BCUT2D eigenvalue weighted by atomic mass is 10.2. The van der Waals surface area contributed by atoms with Crippen LogP contribution in [0.25, 0.3) is 0 Å². The Hall–Kier alpha value is -2.39. The fourth-order valence-electron chi connectivity index (χ4n) is 2.76. The van der Waals surface area contributed by atoms with Gasteiger partial charge in [-0.05, 0) is 49.7 Å². The Labute approximate surface area is 152 Å². The number of nitrogens with zero attached hydrogens (tertiary/aromatic N) is 1. The zero-order valence-electron chi connectivity index (χ0n) is 14.3. The number of aryl methyl sites for hydroxylation is 2. The summed E-state index contributed by atoms with van der Waals surface area (Å²) in [7, 11) is -7.53. The van der Waals surface area contributed by atoms with Crippen LogP contribution in [0, 0.1) is 13.8 Å². The van der Waals surface area contributed by atoms with E-state index in [0.717, 1.165) is 9.87 Å². The summed E-state index contributed by atoms with van der Waals surface area (Å²) < 4.78 is 52.5. The van der Waals surface area contributed by atoms with Gasteiger partial charge in [-0.3, -0.25) is 9.52 Å². The van der Waals surface area contributed by atoms with Crippen molar-refractivity contribution in [3.63, 3.8) is 0 Å². The summed E-state index contributed by atoms with van der Waals surface area (Å²) in [5, 5.41) is 0. The van der Waals surface area contributed by atoms with E-state index < -0.39 is 26.0 Å². The van der Waals surface area contributed by atoms with Crippen LogP contribution in [0.5, 0.6) is 0 Å². The molecule has 1 amide bonds. The number of anilines is 2. The SMILES string of the molecule is Cc1ccc(NS(=O)(=O)c2ccc(N3C(=O)CCS3(=O)=O)cc2C)cc1. The van der Waals surface area contributed by atoms with Gasteiger partial charge < -0.3 is 0 Å². The second-order valence-corrected chi connectivity index (χ2v) is 9.73. The van der Waals surface area contributed by atoms with E-state index in [2.05, 4.69) is 4.72 Å². The van der Waals surface area contributed by atoms with E-state index in [1.54, 1.807) is 31.2 Å². The van der Waals surface area contributed by atoms with Crippen LogP contribution in [0.15, 0.2) is 47.4 Å². The Morgan fingerprint density at radius 1 is 1.04 bits per heavy atom. The summed E-state index contributed by atoms with van der Waals surface area (Å²) in [5.41, 5.74) is 1.93. The molecule has 9 heteroatoms. The summed E-state index contributed by atoms with van der Waals surface area (Å²) in [6, 6.07) is 10.9. The van der Waals surface area contributed by atoms with E-state index in [4.69, 9.17) is 0 Å². The fraction of sp³-hybridized carbons (Fsp3) is 0.235. The monoisotopic (exact) mass is 394 g/mol. The molecule has 0 radical (unpaired) electrons. The predicted octanol–water partition coefficient (Wildman–Crippen LogP) is 2.17. The van der Waals surface area contributed by atoms with Crippen LogP contribution in [0.2, 0.25) is 0 Å². The first-order valence-electron chi connectivity index (χ1n) is 7.86. The van der Waals surface area contributed by atoms with E-state index in [1.807, 2.05) is 6.92 Å². The first-order chi connectivity index (χ1) is 12.1. The topological polar surface area (TPSA) is 101 Å². The van der Waals surface area contributed by atoms with Crippen molar-refractivity contribution in [3.8, 4) is 0 Å². The smallest absolute Gasteiger partial charge is 0.262 e. The third-order valence-electron chi connectivity index (χ3n) is 4.06. The number of hydrogen-bond acceptors (Lipinski definition) is 5. The minimum atomic E-state index is -3.84. The molecular weight excluding hydrogens is 376 g/mol. The molecule has 0 saturated carbocycles. The Kier molecular flexibility index (Phi) is 4.53. The Balaban J connectivity index is 1.94. The molecule has 0 aromatic heterocycles. The van der Waals surface area contributed by atoms with Crippen LogP contribution < -0.4 is 9.03 Å². The van der Waals surface area contributed by atoms with Gasteiger partial charge >= 0.3 is 0 Å². The molecule has 26 heavy (non-hydrogen) atoms. The molecule has 0 bridgehead atoms. The lowest BCUT2D eigenvalue weighted by Gasteiger charge is -2.17. The summed E-state index contributed by atoms with van der Waals surface area (Å²) >= 11 is 0. The number of amides is 1. The second kappa shape index (κ2) is 6.40. The largest absolute Gasteiger partial charge is 0.280 e. The van der Waals surface area contributed by atoms with Crippen molar-refractivity contribution >= 4 is 37.3 Å². The van der Waals surface area contributed by atoms with Crippen molar-refractivity contribution < 1.29 is 21.6 Å². The van der Waals surface area contributed by atoms with Gasteiger partial charge in [0.05, 0.1) is 16.3 Å². The molecule has 2 aromatic rings. The molecule has 1 N–H and O–H groups in total. The van der Waals surface area contributed by atoms with E-state index >= 15 is 0 Å². The van der Waals surface area contributed by atoms with Gasteiger partial charge in [-0.25, -0.2) is 21.1 Å².